The summed E-state index contributed by atoms with van der Waals surface area (Å²) in [6.45, 7) is 9.14. The van der Waals surface area contributed by atoms with Crippen LogP contribution in [0.3, 0.4) is 0 Å². The van der Waals surface area contributed by atoms with Crippen LogP contribution in [0.5, 0.6) is 5.75 Å². The van der Waals surface area contributed by atoms with Crippen molar-refractivity contribution in [3.8, 4) is 5.75 Å². The van der Waals surface area contributed by atoms with Crippen LogP contribution in [0.15, 0.2) is 24.3 Å². The Hall–Kier alpha value is -1.62. The highest BCUT2D eigenvalue weighted by atomic mass is 32.1. The van der Waals surface area contributed by atoms with Crippen molar-refractivity contribution < 1.29 is 4.74 Å². The normalized spacial score (nSPS) is 11.2. The third-order valence-electron chi connectivity index (χ3n) is 2.94. The first-order chi connectivity index (χ1) is 9.95. The maximum atomic E-state index is 5.73. The number of aromatic nitrogens is 2. The van der Waals surface area contributed by atoms with E-state index in [1.54, 1.807) is 11.3 Å². The van der Waals surface area contributed by atoms with E-state index < -0.39 is 0 Å². The molecule has 0 spiro atoms. The second-order valence-corrected chi connectivity index (χ2v) is 6.74. The van der Waals surface area contributed by atoms with Crippen molar-refractivity contribution in [2.45, 2.75) is 46.3 Å². The number of ether oxygens (including phenoxy) is 1. The molecule has 0 atom stereocenters. The standard InChI is InChI=1S/C16H23N3OS/c1-11(2)15-17-18-16(21-15)19(5)10-13-7-6-8-14(9-13)20-12(3)4/h6-9,11-12H,10H2,1-5H3. The molecule has 21 heavy (non-hydrogen) atoms. The second kappa shape index (κ2) is 6.89. The van der Waals surface area contributed by atoms with Gasteiger partial charge in [0.2, 0.25) is 5.13 Å². The largest absolute Gasteiger partial charge is 0.491 e. The van der Waals surface area contributed by atoms with E-state index in [0.717, 1.165) is 22.4 Å². The molecule has 0 saturated heterocycles. The van der Waals surface area contributed by atoms with E-state index in [9.17, 15) is 0 Å². The van der Waals surface area contributed by atoms with Crippen LogP contribution >= 0.6 is 11.3 Å². The lowest BCUT2D eigenvalue weighted by Crippen LogP contribution is -2.16. The summed E-state index contributed by atoms with van der Waals surface area (Å²) < 4.78 is 5.73. The van der Waals surface area contributed by atoms with Crippen molar-refractivity contribution in [3.63, 3.8) is 0 Å². The van der Waals surface area contributed by atoms with Crippen LogP contribution in [0.2, 0.25) is 0 Å². The minimum absolute atomic E-state index is 0.190. The molecule has 0 aliphatic rings. The Morgan fingerprint density at radius 1 is 1.19 bits per heavy atom. The summed E-state index contributed by atoms with van der Waals surface area (Å²) in [5, 5.41) is 10.5. The van der Waals surface area contributed by atoms with E-state index in [2.05, 4.69) is 41.1 Å². The third-order valence-corrected chi connectivity index (χ3v) is 4.28. The van der Waals surface area contributed by atoms with E-state index >= 15 is 0 Å². The molecule has 0 saturated carbocycles. The van der Waals surface area contributed by atoms with Crippen molar-refractivity contribution >= 4 is 16.5 Å². The van der Waals surface area contributed by atoms with Crippen molar-refractivity contribution in [2.24, 2.45) is 0 Å². The van der Waals surface area contributed by atoms with E-state index in [1.807, 2.05) is 33.0 Å². The Morgan fingerprint density at radius 3 is 2.57 bits per heavy atom. The molecule has 2 rings (SSSR count). The van der Waals surface area contributed by atoms with Gasteiger partial charge in [0.15, 0.2) is 0 Å². The molecule has 0 aliphatic carbocycles. The Balaban J connectivity index is 2.06. The van der Waals surface area contributed by atoms with Gasteiger partial charge < -0.3 is 9.64 Å². The van der Waals surface area contributed by atoms with Gasteiger partial charge in [-0.3, -0.25) is 0 Å². The summed E-state index contributed by atoms with van der Waals surface area (Å²) in [6, 6.07) is 8.21. The van der Waals surface area contributed by atoms with Crippen LogP contribution in [0, 0.1) is 0 Å². The summed E-state index contributed by atoms with van der Waals surface area (Å²) >= 11 is 1.66. The van der Waals surface area contributed by atoms with Crippen LogP contribution in [-0.2, 0) is 6.54 Å². The average Bonchev–Trinajstić information content (AvgIpc) is 2.88. The van der Waals surface area contributed by atoms with Crippen LogP contribution in [0.1, 0.15) is 44.2 Å². The number of anilines is 1. The lowest BCUT2D eigenvalue weighted by Gasteiger charge is -2.16. The number of hydrogen-bond donors (Lipinski definition) is 0. The van der Waals surface area contributed by atoms with Crippen LogP contribution in [0.4, 0.5) is 5.13 Å². The van der Waals surface area contributed by atoms with Gasteiger partial charge in [-0.05, 0) is 31.5 Å². The third kappa shape index (κ3) is 4.43. The number of rotatable bonds is 6. The Labute approximate surface area is 130 Å². The van der Waals surface area contributed by atoms with Crippen molar-refractivity contribution in [3.05, 3.63) is 34.8 Å². The lowest BCUT2D eigenvalue weighted by molar-refractivity contribution is 0.242. The van der Waals surface area contributed by atoms with Crippen molar-refractivity contribution in [1.29, 1.82) is 0 Å². The van der Waals surface area contributed by atoms with Crippen molar-refractivity contribution in [2.75, 3.05) is 11.9 Å². The summed E-state index contributed by atoms with van der Waals surface area (Å²) in [4.78, 5) is 2.12. The van der Waals surface area contributed by atoms with Gasteiger partial charge in [0.1, 0.15) is 10.8 Å². The molecule has 1 aromatic carbocycles. The molecule has 1 aromatic heterocycles. The minimum atomic E-state index is 0.190. The average molecular weight is 305 g/mol. The molecule has 0 bridgehead atoms. The van der Waals surface area contributed by atoms with Gasteiger partial charge in [-0.15, -0.1) is 10.2 Å². The molecular weight excluding hydrogens is 282 g/mol. The molecular formula is C16H23N3OS. The Kier molecular flexibility index (Phi) is 5.17. The summed E-state index contributed by atoms with van der Waals surface area (Å²) in [5.74, 6) is 1.34. The zero-order valence-electron chi connectivity index (χ0n) is 13.3. The Bertz CT molecular complexity index is 580. The second-order valence-electron chi connectivity index (χ2n) is 5.75. The molecule has 114 valence electrons. The Morgan fingerprint density at radius 2 is 1.95 bits per heavy atom. The van der Waals surface area contributed by atoms with Gasteiger partial charge >= 0.3 is 0 Å². The molecule has 0 amide bonds. The van der Waals surface area contributed by atoms with Gasteiger partial charge in [0, 0.05) is 19.5 Å². The van der Waals surface area contributed by atoms with E-state index in [1.165, 1.54) is 5.56 Å². The quantitative estimate of drug-likeness (QED) is 0.806. The van der Waals surface area contributed by atoms with Crippen molar-refractivity contribution in [1.82, 2.24) is 10.2 Å². The topological polar surface area (TPSA) is 38.2 Å². The fourth-order valence-electron chi connectivity index (χ4n) is 1.94. The summed E-state index contributed by atoms with van der Waals surface area (Å²) in [7, 11) is 2.04. The van der Waals surface area contributed by atoms with E-state index in [0.29, 0.717) is 5.92 Å². The molecule has 0 radical (unpaired) electrons. The predicted octanol–water partition coefficient (Wildman–Crippen LogP) is 4.09. The smallest absolute Gasteiger partial charge is 0.208 e. The fourth-order valence-corrected chi connectivity index (χ4v) is 2.75. The van der Waals surface area contributed by atoms with E-state index in [4.69, 9.17) is 4.74 Å². The lowest BCUT2D eigenvalue weighted by atomic mass is 10.2. The van der Waals surface area contributed by atoms with Gasteiger partial charge in [0.05, 0.1) is 6.10 Å². The zero-order valence-corrected chi connectivity index (χ0v) is 14.1. The van der Waals surface area contributed by atoms with Gasteiger partial charge in [-0.2, -0.15) is 0 Å². The number of benzene rings is 1. The minimum Gasteiger partial charge on any atom is -0.491 e. The molecule has 1 heterocycles. The van der Waals surface area contributed by atoms with Crippen LogP contribution in [0.25, 0.3) is 0 Å². The van der Waals surface area contributed by atoms with E-state index in [-0.39, 0.29) is 6.10 Å². The fraction of sp³-hybridized carbons (Fsp3) is 0.500. The molecule has 4 nitrogen and oxygen atoms in total. The molecule has 0 aliphatic heterocycles. The maximum Gasteiger partial charge on any atom is 0.208 e. The highest BCUT2D eigenvalue weighted by molar-refractivity contribution is 7.15. The molecule has 0 fully saturated rings. The molecule has 0 N–H and O–H groups in total. The summed E-state index contributed by atoms with van der Waals surface area (Å²) in [5.41, 5.74) is 1.21. The number of nitrogens with zero attached hydrogens (tertiary/aromatic N) is 3. The highest BCUT2D eigenvalue weighted by Crippen LogP contribution is 2.26. The summed E-state index contributed by atoms with van der Waals surface area (Å²) in [6.07, 6.45) is 0.190. The van der Waals surface area contributed by atoms with Gasteiger partial charge in [0.25, 0.3) is 0 Å². The zero-order chi connectivity index (χ0) is 15.4. The van der Waals surface area contributed by atoms with Crippen LogP contribution < -0.4 is 9.64 Å². The molecule has 5 heteroatoms. The predicted molar refractivity (Wildman–Crippen MR) is 88.3 cm³/mol. The maximum absolute atomic E-state index is 5.73. The number of hydrogen-bond acceptors (Lipinski definition) is 5. The SMILES string of the molecule is CC(C)Oc1cccc(CN(C)c2nnc(C(C)C)s2)c1. The van der Waals surface area contributed by atoms with Gasteiger partial charge in [-0.1, -0.05) is 37.3 Å². The molecule has 0 unspecified atom stereocenters. The first kappa shape index (κ1) is 15.8. The highest BCUT2D eigenvalue weighted by Gasteiger charge is 2.12. The van der Waals surface area contributed by atoms with Crippen LogP contribution in [-0.4, -0.2) is 23.3 Å². The first-order valence-electron chi connectivity index (χ1n) is 7.26. The first-order valence-corrected chi connectivity index (χ1v) is 8.07. The monoisotopic (exact) mass is 305 g/mol. The molecule has 2 aromatic rings. The van der Waals surface area contributed by atoms with Gasteiger partial charge in [-0.25, -0.2) is 0 Å².